The zero-order valence-corrected chi connectivity index (χ0v) is 15.2. The molecule has 4 rings (SSSR count). The Bertz CT molecular complexity index is 1030. The number of hydrogen-bond donors (Lipinski definition) is 0. The molecule has 0 amide bonds. The fourth-order valence-electron chi connectivity index (χ4n) is 2.70. The summed E-state index contributed by atoms with van der Waals surface area (Å²) in [5, 5.41) is 3.99. The molecule has 28 heavy (non-hydrogen) atoms. The smallest absolute Gasteiger partial charge is 0.259 e. The number of anilines is 1. The Labute approximate surface area is 160 Å². The molecular formula is C20H17FN6O. The lowest BCUT2D eigenvalue weighted by molar-refractivity contribution is 0.424. The highest BCUT2D eigenvalue weighted by molar-refractivity contribution is 5.54. The molecule has 0 N–H and O–H groups in total. The molecule has 0 aliphatic heterocycles. The monoisotopic (exact) mass is 376 g/mol. The quantitative estimate of drug-likeness (QED) is 0.511. The fraction of sp³-hybridized carbons (Fsp3) is 0.150. The lowest BCUT2D eigenvalue weighted by Crippen LogP contribution is -2.18. The summed E-state index contributed by atoms with van der Waals surface area (Å²) in [6.45, 7) is 0.622. The molecule has 0 bridgehead atoms. The lowest BCUT2D eigenvalue weighted by atomic mass is 10.1. The van der Waals surface area contributed by atoms with Gasteiger partial charge in [-0.3, -0.25) is 0 Å². The fourth-order valence-corrected chi connectivity index (χ4v) is 2.70. The predicted octanol–water partition coefficient (Wildman–Crippen LogP) is 3.29. The highest BCUT2D eigenvalue weighted by Crippen LogP contribution is 2.20. The van der Waals surface area contributed by atoms with E-state index in [1.807, 2.05) is 30.1 Å². The van der Waals surface area contributed by atoms with Crippen LogP contribution < -0.4 is 4.90 Å². The van der Waals surface area contributed by atoms with Gasteiger partial charge in [-0.15, -0.1) is 0 Å². The Balaban J connectivity index is 1.44. The van der Waals surface area contributed by atoms with Crippen molar-refractivity contribution in [3.8, 4) is 11.5 Å². The van der Waals surface area contributed by atoms with Gasteiger partial charge >= 0.3 is 0 Å². The second-order valence-corrected chi connectivity index (χ2v) is 6.28. The van der Waals surface area contributed by atoms with Gasteiger partial charge < -0.3 is 9.42 Å². The summed E-state index contributed by atoms with van der Waals surface area (Å²) in [5.41, 5.74) is 2.55. The first-order valence-electron chi connectivity index (χ1n) is 8.67. The van der Waals surface area contributed by atoms with E-state index in [9.17, 15) is 4.39 Å². The summed E-state index contributed by atoms with van der Waals surface area (Å²) in [7, 11) is 1.94. The van der Waals surface area contributed by atoms with E-state index in [1.54, 1.807) is 24.5 Å². The maximum atomic E-state index is 13.0. The topological polar surface area (TPSA) is 80.8 Å². The molecule has 140 valence electrons. The number of rotatable bonds is 6. The van der Waals surface area contributed by atoms with Crippen molar-refractivity contribution in [3.63, 3.8) is 0 Å². The van der Waals surface area contributed by atoms with Crippen molar-refractivity contribution in [3.05, 3.63) is 84.1 Å². The van der Waals surface area contributed by atoms with E-state index in [4.69, 9.17) is 4.52 Å². The van der Waals surface area contributed by atoms with Crippen molar-refractivity contribution < 1.29 is 8.91 Å². The third-order valence-corrected chi connectivity index (χ3v) is 4.17. The Hall–Kier alpha value is -3.68. The summed E-state index contributed by atoms with van der Waals surface area (Å²) in [5.74, 6) is 1.46. The molecule has 7 nitrogen and oxygen atoms in total. The van der Waals surface area contributed by atoms with Crippen LogP contribution in [-0.4, -0.2) is 32.1 Å². The first-order valence-corrected chi connectivity index (χ1v) is 8.67. The standard InChI is InChI=1S/C20H17FN6O/c1-27(12-17-8-9-22-13-24-17)19-7-4-15(11-23-19)20-25-18(26-28-20)10-14-2-5-16(21)6-3-14/h2-9,11,13H,10,12H2,1H3. The summed E-state index contributed by atoms with van der Waals surface area (Å²) >= 11 is 0. The van der Waals surface area contributed by atoms with Gasteiger partial charge in [0.05, 0.1) is 17.8 Å². The highest BCUT2D eigenvalue weighted by atomic mass is 19.1. The van der Waals surface area contributed by atoms with Crippen LogP contribution in [0.25, 0.3) is 11.5 Å². The molecule has 0 unspecified atom stereocenters. The average Bonchev–Trinajstić information content (AvgIpc) is 3.19. The van der Waals surface area contributed by atoms with Crippen LogP contribution in [-0.2, 0) is 13.0 Å². The molecule has 4 aromatic rings. The normalized spacial score (nSPS) is 10.8. The minimum Gasteiger partial charge on any atom is -0.354 e. The van der Waals surface area contributed by atoms with Gasteiger partial charge in [0, 0.05) is 25.9 Å². The molecule has 0 fully saturated rings. The number of aromatic nitrogens is 5. The van der Waals surface area contributed by atoms with Crippen LogP contribution in [0, 0.1) is 5.82 Å². The summed E-state index contributed by atoms with van der Waals surface area (Å²) in [4.78, 5) is 19.0. The summed E-state index contributed by atoms with van der Waals surface area (Å²) in [6.07, 6.45) is 5.41. The van der Waals surface area contributed by atoms with E-state index < -0.39 is 0 Å². The predicted molar refractivity (Wildman–Crippen MR) is 101 cm³/mol. The van der Waals surface area contributed by atoms with Crippen molar-refractivity contribution in [2.75, 3.05) is 11.9 Å². The Morgan fingerprint density at radius 3 is 2.61 bits per heavy atom. The number of nitrogens with zero attached hydrogens (tertiary/aromatic N) is 6. The van der Waals surface area contributed by atoms with Crippen LogP contribution in [0.5, 0.6) is 0 Å². The van der Waals surface area contributed by atoms with Gasteiger partial charge in [0.1, 0.15) is 18.0 Å². The van der Waals surface area contributed by atoms with Gasteiger partial charge in [0.15, 0.2) is 5.82 Å². The maximum Gasteiger partial charge on any atom is 0.259 e. The molecule has 0 radical (unpaired) electrons. The average molecular weight is 376 g/mol. The first-order chi connectivity index (χ1) is 13.7. The van der Waals surface area contributed by atoms with Crippen molar-refractivity contribution in [1.29, 1.82) is 0 Å². The van der Waals surface area contributed by atoms with E-state index in [0.717, 1.165) is 22.6 Å². The van der Waals surface area contributed by atoms with Crippen molar-refractivity contribution in [2.24, 2.45) is 0 Å². The molecule has 0 saturated heterocycles. The number of hydrogen-bond acceptors (Lipinski definition) is 7. The van der Waals surface area contributed by atoms with Crippen LogP contribution in [0.2, 0.25) is 0 Å². The second kappa shape index (κ2) is 7.91. The molecule has 0 atom stereocenters. The Kier molecular flexibility index (Phi) is 5.01. The zero-order chi connectivity index (χ0) is 19.3. The highest BCUT2D eigenvalue weighted by Gasteiger charge is 2.11. The van der Waals surface area contributed by atoms with E-state index in [0.29, 0.717) is 24.7 Å². The maximum absolute atomic E-state index is 13.0. The van der Waals surface area contributed by atoms with Crippen LogP contribution in [0.15, 0.2) is 65.7 Å². The van der Waals surface area contributed by atoms with Crippen LogP contribution in [0.3, 0.4) is 0 Å². The molecule has 3 aromatic heterocycles. The van der Waals surface area contributed by atoms with E-state index in [-0.39, 0.29) is 5.82 Å². The van der Waals surface area contributed by atoms with Crippen molar-refractivity contribution >= 4 is 5.82 Å². The molecule has 3 heterocycles. The third-order valence-electron chi connectivity index (χ3n) is 4.17. The van der Waals surface area contributed by atoms with Gasteiger partial charge in [-0.05, 0) is 35.9 Å². The van der Waals surface area contributed by atoms with Gasteiger partial charge in [0.25, 0.3) is 5.89 Å². The van der Waals surface area contributed by atoms with Gasteiger partial charge in [-0.25, -0.2) is 19.3 Å². The van der Waals surface area contributed by atoms with Gasteiger partial charge in [-0.1, -0.05) is 17.3 Å². The van der Waals surface area contributed by atoms with Crippen molar-refractivity contribution in [2.45, 2.75) is 13.0 Å². The molecule has 0 aliphatic carbocycles. The minimum atomic E-state index is -0.270. The lowest BCUT2D eigenvalue weighted by Gasteiger charge is -2.17. The number of pyridine rings is 1. The number of halogens is 1. The van der Waals surface area contributed by atoms with Crippen LogP contribution in [0.1, 0.15) is 17.1 Å². The first kappa shape index (κ1) is 17.7. The number of benzene rings is 1. The minimum absolute atomic E-state index is 0.270. The second-order valence-electron chi connectivity index (χ2n) is 6.28. The SMILES string of the molecule is CN(Cc1ccncn1)c1ccc(-c2nc(Cc3ccc(F)cc3)no2)cn1. The third kappa shape index (κ3) is 4.17. The molecule has 0 saturated carbocycles. The molecule has 1 aromatic carbocycles. The van der Waals surface area contributed by atoms with Crippen molar-refractivity contribution in [1.82, 2.24) is 25.1 Å². The van der Waals surface area contributed by atoms with Gasteiger partial charge in [-0.2, -0.15) is 4.98 Å². The van der Waals surface area contributed by atoms with Gasteiger partial charge in [0.2, 0.25) is 0 Å². The van der Waals surface area contributed by atoms with E-state index >= 15 is 0 Å². The molecule has 8 heteroatoms. The summed E-state index contributed by atoms with van der Waals surface area (Å²) in [6, 6.07) is 11.9. The van der Waals surface area contributed by atoms with Crippen LogP contribution in [0.4, 0.5) is 10.2 Å². The molecule has 0 aliphatic rings. The van der Waals surface area contributed by atoms with E-state index in [1.165, 1.54) is 18.5 Å². The summed E-state index contributed by atoms with van der Waals surface area (Å²) < 4.78 is 18.3. The molecular weight excluding hydrogens is 359 g/mol. The van der Waals surface area contributed by atoms with Crippen LogP contribution >= 0.6 is 0 Å². The Morgan fingerprint density at radius 2 is 1.89 bits per heavy atom. The van der Waals surface area contributed by atoms with E-state index in [2.05, 4.69) is 25.1 Å². The molecule has 0 spiro atoms. The Morgan fingerprint density at radius 1 is 1.04 bits per heavy atom. The zero-order valence-electron chi connectivity index (χ0n) is 15.2. The largest absolute Gasteiger partial charge is 0.354 e.